The first-order valence-corrected chi connectivity index (χ1v) is 5.00. The van der Waals surface area contributed by atoms with E-state index < -0.39 is 5.97 Å². The largest absolute Gasteiger partial charge is 0.478 e. The average molecular weight is 220 g/mol. The zero-order valence-corrected chi connectivity index (χ0v) is 8.78. The van der Waals surface area contributed by atoms with Gasteiger partial charge in [-0.2, -0.15) is 0 Å². The molecule has 0 aliphatic carbocycles. The van der Waals surface area contributed by atoms with Gasteiger partial charge in [0.05, 0.1) is 16.9 Å². The molecule has 1 aliphatic rings. The van der Waals surface area contributed by atoms with Gasteiger partial charge in [0.2, 0.25) is 5.91 Å². The number of amides is 1. The molecule has 1 unspecified atom stereocenters. The van der Waals surface area contributed by atoms with E-state index in [2.05, 4.69) is 10.6 Å². The van der Waals surface area contributed by atoms with E-state index in [0.717, 1.165) is 0 Å². The van der Waals surface area contributed by atoms with Crippen molar-refractivity contribution in [1.82, 2.24) is 0 Å². The number of carboxylic acids is 1. The van der Waals surface area contributed by atoms with Crippen LogP contribution in [0.25, 0.3) is 0 Å². The molecule has 0 spiro atoms. The summed E-state index contributed by atoms with van der Waals surface area (Å²) in [7, 11) is 0. The van der Waals surface area contributed by atoms with Crippen molar-refractivity contribution in [2.45, 2.75) is 19.4 Å². The highest BCUT2D eigenvalue weighted by Gasteiger charge is 2.18. The van der Waals surface area contributed by atoms with E-state index >= 15 is 0 Å². The molecule has 16 heavy (non-hydrogen) atoms. The summed E-state index contributed by atoms with van der Waals surface area (Å²) in [6.45, 7) is 1.88. The Morgan fingerprint density at radius 2 is 2.19 bits per heavy atom. The summed E-state index contributed by atoms with van der Waals surface area (Å²) in [6, 6.07) is 4.59. The van der Waals surface area contributed by atoms with Gasteiger partial charge in [-0.25, -0.2) is 4.79 Å². The van der Waals surface area contributed by atoms with Crippen LogP contribution in [0, 0.1) is 0 Å². The van der Waals surface area contributed by atoms with E-state index in [1.807, 2.05) is 6.92 Å². The summed E-state index contributed by atoms with van der Waals surface area (Å²) >= 11 is 0. The SMILES string of the molecule is CC1CC(=O)Nc2ccc(C(=O)O)cc2N1. The number of aromatic carboxylic acids is 1. The first-order valence-electron chi connectivity index (χ1n) is 5.00. The predicted molar refractivity (Wildman–Crippen MR) is 59.7 cm³/mol. The van der Waals surface area contributed by atoms with E-state index in [0.29, 0.717) is 17.8 Å². The van der Waals surface area contributed by atoms with Gasteiger partial charge in [-0.15, -0.1) is 0 Å². The molecule has 5 heteroatoms. The van der Waals surface area contributed by atoms with E-state index in [4.69, 9.17) is 5.11 Å². The molecule has 0 saturated carbocycles. The number of rotatable bonds is 1. The van der Waals surface area contributed by atoms with Gasteiger partial charge in [0.15, 0.2) is 0 Å². The first-order chi connectivity index (χ1) is 7.56. The molecule has 84 valence electrons. The molecule has 0 aromatic heterocycles. The molecule has 1 heterocycles. The number of carbonyl (C=O) groups excluding carboxylic acids is 1. The molecule has 1 aromatic rings. The minimum atomic E-state index is -0.979. The molecule has 1 aromatic carbocycles. The van der Waals surface area contributed by atoms with Crippen LogP contribution in [0.5, 0.6) is 0 Å². The van der Waals surface area contributed by atoms with Crippen LogP contribution in [-0.4, -0.2) is 23.0 Å². The fraction of sp³-hybridized carbons (Fsp3) is 0.273. The highest BCUT2D eigenvalue weighted by atomic mass is 16.4. The van der Waals surface area contributed by atoms with Crippen molar-refractivity contribution in [2.75, 3.05) is 10.6 Å². The third kappa shape index (κ3) is 1.98. The Morgan fingerprint density at radius 3 is 2.88 bits per heavy atom. The number of anilines is 2. The van der Waals surface area contributed by atoms with E-state index in [9.17, 15) is 9.59 Å². The smallest absolute Gasteiger partial charge is 0.335 e. The minimum absolute atomic E-state index is 0.00899. The Labute approximate surface area is 92.5 Å². The number of benzene rings is 1. The summed E-state index contributed by atoms with van der Waals surface area (Å²) in [5, 5.41) is 14.7. The van der Waals surface area contributed by atoms with Gasteiger partial charge in [0.25, 0.3) is 0 Å². The number of hydrogen-bond acceptors (Lipinski definition) is 3. The van der Waals surface area contributed by atoms with Crippen LogP contribution >= 0.6 is 0 Å². The Bertz CT molecular complexity index is 457. The second-order valence-corrected chi connectivity index (χ2v) is 3.86. The summed E-state index contributed by atoms with van der Waals surface area (Å²) in [5.74, 6) is -1.05. The molecule has 0 fully saturated rings. The molecular weight excluding hydrogens is 208 g/mol. The van der Waals surface area contributed by atoms with Crippen molar-refractivity contribution in [3.63, 3.8) is 0 Å². The zero-order chi connectivity index (χ0) is 11.7. The maximum Gasteiger partial charge on any atom is 0.335 e. The number of hydrogen-bond donors (Lipinski definition) is 3. The van der Waals surface area contributed by atoms with E-state index in [-0.39, 0.29) is 17.5 Å². The standard InChI is InChI=1S/C11H12N2O3/c1-6-4-10(14)13-8-3-2-7(11(15)16)5-9(8)12-6/h2-3,5-6,12H,4H2,1H3,(H,13,14)(H,15,16). The quantitative estimate of drug-likeness (QED) is 0.670. The Hall–Kier alpha value is -2.04. The van der Waals surface area contributed by atoms with Gasteiger partial charge in [-0.1, -0.05) is 0 Å². The molecule has 1 atom stereocenters. The van der Waals surface area contributed by atoms with E-state index in [1.165, 1.54) is 12.1 Å². The lowest BCUT2D eigenvalue weighted by atomic mass is 10.1. The van der Waals surface area contributed by atoms with Crippen molar-refractivity contribution in [2.24, 2.45) is 0 Å². The number of fused-ring (bicyclic) bond motifs is 1. The third-order valence-corrected chi connectivity index (χ3v) is 2.43. The highest BCUT2D eigenvalue weighted by Crippen LogP contribution is 2.27. The van der Waals surface area contributed by atoms with Gasteiger partial charge in [-0.05, 0) is 25.1 Å². The molecule has 0 radical (unpaired) electrons. The number of carbonyl (C=O) groups is 2. The highest BCUT2D eigenvalue weighted by molar-refractivity contribution is 5.98. The van der Waals surface area contributed by atoms with Gasteiger partial charge >= 0.3 is 5.97 Å². The minimum Gasteiger partial charge on any atom is -0.478 e. The first kappa shape index (κ1) is 10.5. The van der Waals surface area contributed by atoms with E-state index in [1.54, 1.807) is 6.07 Å². The topological polar surface area (TPSA) is 78.4 Å². The van der Waals surface area contributed by atoms with Crippen LogP contribution in [0.4, 0.5) is 11.4 Å². The summed E-state index contributed by atoms with van der Waals surface area (Å²) < 4.78 is 0. The maximum absolute atomic E-state index is 11.4. The van der Waals surface area contributed by atoms with Crippen molar-refractivity contribution in [3.05, 3.63) is 23.8 Å². The molecule has 1 amide bonds. The second-order valence-electron chi connectivity index (χ2n) is 3.86. The normalized spacial score (nSPS) is 19.1. The van der Waals surface area contributed by atoms with Gasteiger partial charge in [-0.3, -0.25) is 4.79 Å². The fourth-order valence-electron chi connectivity index (χ4n) is 1.70. The van der Waals surface area contributed by atoms with Crippen LogP contribution in [0.3, 0.4) is 0 Å². The lowest BCUT2D eigenvalue weighted by Gasteiger charge is -2.11. The van der Waals surface area contributed by atoms with Crippen LogP contribution in [0.1, 0.15) is 23.7 Å². The molecular formula is C11H12N2O3. The van der Waals surface area contributed by atoms with Gasteiger partial charge in [0.1, 0.15) is 0 Å². The van der Waals surface area contributed by atoms with Crippen LogP contribution in [0.2, 0.25) is 0 Å². The van der Waals surface area contributed by atoms with Gasteiger partial charge in [0, 0.05) is 12.5 Å². The summed E-state index contributed by atoms with van der Waals surface area (Å²) in [6.07, 6.45) is 0.372. The monoisotopic (exact) mass is 220 g/mol. The zero-order valence-electron chi connectivity index (χ0n) is 8.78. The Kier molecular flexibility index (Phi) is 2.52. The molecule has 0 bridgehead atoms. The second kappa shape index (κ2) is 3.84. The maximum atomic E-state index is 11.4. The van der Waals surface area contributed by atoms with Crippen LogP contribution in [0.15, 0.2) is 18.2 Å². The van der Waals surface area contributed by atoms with Crippen molar-refractivity contribution >= 4 is 23.3 Å². The Balaban J connectivity index is 2.42. The lowest BCUT2D eigenvalue weighted by molar-refractivity contribution is -0.116. The van der Waals surface area contributed by atoms with Crippen molar-refractivity contribution < 1.29 is 14.7 Å². The predicted octanol–water partition coefficient (Wildman–Crippen LogP) is 1.53. The third-order valence-electron chi connectivity index (χ3n) is 2.43. The molecule has 2 rings (SSSR count). The molecule has 0 saturated heterocycles. The Morgan fingerprint density at radius 1 is 1.44 bits per heavy atom. The number of nitrogens with one attached hydrogen (secondary N) is 2. The molecule has 3 N–H and O–H groups in total. The van der Waals surface area contributed by atoms with Crippen molar-refractivity contribution in [3.8, 4) is 0 Å². The fourth-order valence-corrected chi connectivity index (χ4v) is 1.70. The number of carboxylic acid groups (broad SMARTS) is 1. The summed E-state index contributed by atoms with van der Waals surface area (Å²) in [5.41, 5.74) is 1.48. The summed E-state index contributed by atoms with van der Waals surface area (Å²) in [4.78, 5) is 22.2. The van der Waals surface area contributed by atoms with Crippen molar-refractivity contribution in [1.29, 1.82) is 0 Å². The van der Waals surface area contributed by atoms with Crippen LogP contribution in [-0.2, 0) is 4.79 Å². The van der Waals surface area contributed by atoms with Gasteiger partial charge < -0.3 is 15.7 Å². The molecule has 5 nitrogen and oxygen atoms in total. The van der Waals surface area contributed by atoms with Crippen LogP contribution < -0.4 is 10.6 Å². The molecule has 1 aliphatic heterocycles. The lowest BCUT2D eigenvalue weighted by Crippen LogP contribution is -2.18. The average Bonchev–Trinajstić information content (AvgIpc) is 2.32.